The number of carbonyl (C=O) groups excluding carboxylic acids is 2. The normalized spacial score (nSPS) is 13.7. The number of amides is 2. The minimum Gasteiger partial charge on any atom is -0.497 e. The number of methoxy groups -OCH3 is 1. The first-order valence-electron chi connectivity index (χ1n) is 9.55. The average molecular weight is 399 g/mol. The zero-order valence-electron chi connectivity index (χ0n) is 16.8. The quantitative estimate of drug-likeness (QED) is 0.639. The van der Waals surface area contributed by atoms with E-state index >= 15 is 0 Å². The molecule has 1 N–H and O–H groups in total. The molecule has 0 aliphatic carbocycles. The Morgan fingerprint density at radius 1 is 0.967 bits per heavy atom. The average Bonchev–Trinajstić information content (AvgIpc) is 2.99. The predicted octanol–water partition coefficient (Wildman–Crippen LogP) is 3.79. The molecule has 0 saturated carbocycles. The van der Waals surface area contributed by atoms with Crippen molar-refractivity contribution in [3.05, 3.63) is 95.4 Å². The molecule has 6 heteroatoms. The number of carbonyl (C=O) groups is 2. The Bertz CT molecular complexity index is 1120. The third kappa shape index (κ3) is 3.80. The lowest BCUT2D eigenvalue weighted by molar-refractivity contribution is -0.137. The number of nitrogens with zero attached hydrogens (tertiary/aromatic N) is 2. The van der Waals surface area contributed by atoms with Gasteiger partial charge >= 0.3 is 0 Å². The van der Waals surface area contributed by atoms with Crippen LogP contribution in [0.1, 0.15) is 16.8 Å². The number of benzene rings is 2. The van der Waals surface area contributed by atoms with Crippen molar-refractivity contribution in [3.63, 3.8) is 0 Å². The summed E-state index contributed by atoms with van der Waals surface area (Å²) < 4.78 is 5.21. The van der Waals surface area contributed by atoms with E-state index in [0.717, 1.165) is 11.3 Å². The van der Waals surface area contributed by atoms with Crippen LogP contribution in [0, 0.1) is 6.92 Å². The van der Waals surface area contributed by atoms with Crippen molar-refractivity contribution < 1.29 is 14.3 Å². The van der Waals surface area contributed by atoms with Gasteiger partial charge in [0.2, 0.25) is 0 Å². The maximum absolute atomic E-state index is 13.3. The summed E-state index contributed by atoms with van der Waals surface area (Å²) in [7, 11) is 1.58. The minimum absolute atomic E-state index is 0.108. The molecule has 2 amide bonds. The number of aryl methyl sites for hydroxylation is 1. The molecule has 0 atom stereocenters. The van der Waals surface area contributed by atoms with E-state index in [9.17, 15) is 9.59 Å². The van der Waals surface area contributed by atoms with Crippen LogP contribution in [-0.2, 0) is 16.1 Å². The molecule has 2 heterocycles. The molecule has 4 rings (SSSR count). The van der Waals surface area contributed by atoms with Crippen molar-refractivity contribution in [1.82, 2.24) is 9.88 Å². The zero-order valence-corrected chi connectivity index (χ0v) is 16.8. The van der Waals surface area contributed by atoms with E-state index in [1.165, 1.54) is 4.90 Å². The van der Waals surface area contributed by atoms with E-state index in [1.54, 1.807) is 49.7 Å². The number of hydrogen-bond donors (Lipinski definition) is 1. The second-order valence-electron chi connectivity index (χ2n) is 6.99. The van der Waals surface area contributed by atoms with Crippen molar-refractivity contribution >= 4 is 23.1 Å². The van der Waals surface area contributed by atoms with E-state index in [-0.39, 0.29) is 24.1 Å². The number of pyridine rings is 1. The van der Waals surface area contributed by atoms with Crippen LogP contribution in [0.4, 0.5) is 5.69 Å². The van der Waals surface area contributed by atoms with Crippen LogP contribution in [0.3, 0.4) is 0 Å². The number of anilines is 1. The molecule has 0 fully saturated rings. The number of rotatable bonds is 6. The molecule has 0 bridgehead atoms. The highest BCUT2D eigenvalue weighted by Crippen LogP contribution is 2.32. The summed E-state index contributed by atoms with van der Waals surface area (Å²) in [5.41, 5.74) is 3.68. The minimum atomic E-state index is -0.377. The summed E-state index contributed by atoms with van der Waals surface area (Å²) in [4.78, 5) is 32.0. The summed E-state index contributed by atoms with van der Waals surface area (Å²) in [6.45, 7) is 2.08. The Morgan fingerprint density at radius 3 is 2.43 bits per heavy atom. The molecule has 6 nitrogen and oxygen atoms in total. The molecule has 3 aromatic rings. The standard InChI is InChI=1S/C24H21N3O3/c1-16-6-5-8-18(14-16)26-22-21(17-9-11-20(30-2)12-10-17)23(28)27(24(22)29)15-19-7-3-4-13-25-19/h3-14,26H,15H2,1-2H3. The number of nitrogens with one attached hydrogen (secondary N) is 1. The second-order valence-corrected chi connectivity index (χ2v) is 6.99. The van der Waals surface area contributed by atoms with Gasteiger partial charge in [-0.1, -0.05) is 30.3 Å². The van der Waals surface area contributed by atoms with Gasteiger partial charge in [-0.3, -0.25) is 19.5 Å². The van der Waals surface area contributed by atoms with Gasteiger partial charge in [0.25, 0.3) is 11.8 Å². The van der Waals surface area contributed by atoms with E-state index in [0.29, 0.717) is 22.6 Å². The maximum Gasteiger partial charge on any atom is 0.278 e. The Hall–Kier alpha value is -3.93. The number of hydrogen-bond acceptors (Lipinski definition) is 5. The highest BCUT2D eigenvalue weighted by Gasteiger charge is 2.39. The Kier molecular flexibility index (Phi) is 5.30. The van der Waals surface area contributed by atoms with Gasteiger partial charge in [-0.2, -0.15) is 0 Å². The van der Waals surface area contributed by atoms with Crippen LogP contribution in [0.5, 0.6) is 5.75 Å². The molecule has 0 spiro atoms. The number of aromatic nitrogens is 1. The smallest absolute Gasteiger partial charge is 0.278 e. The van der Waals surface area contributed by atoms with Gasteiger partial charge in [0, 0.05) is 11.9 Å². The van der Waals surface area contributed by atoms with E-state index in [2.05, 4.69) is 10.3 Å². The van der Waals surface area contributed by atoms with Crippen LogP contribution < -0.4 is 10.1 Å². The van der Waals surface area contributed by atoms with Crippen molar-refractivity contribution in [2.75, 3.05) is 12.4 Å². The van der Waals surface area contributed by atoms with E-state index in [4.69, 9.17) is 4.74 Å². The van der Waals surface area contributed by atoms with Crippen molar-refractivity contribution in [2.45, 2.75) is 13.5 Å². The zero-order chi connectivity index (χ0) is 21.1. The third-order valence-electron chi connectivity index (χ3n) is 4.88. The van der Waals surface area contributed by atoms with E-state index in [1.807, 2.05) is 37.3 Å². The predicted molar refractivity (Wildman–Crippen MR) is 115 cm³/mol. The largest absolute Gasteiger partial charge is 0.497 e. The monoisotopic (exact) mass is 399 g/mol. The summed E-state index contributed by atoms with van der Waals surface area (Å²) >= 11 is 0. The summed E-state index contributed by atoms with van der Waals surface area (Å²) in [5.74, 6) is -0.0568. The lowest BCUT2D eigenvalue weighted by Crippen LogP contribution is -2.32. The lowest BCUT2D eigenvalue weighted by atomic mass is 10.0. The molecule has 0 unspecified atom stereocenters. The fourth-order valence-corrected chi connectivity index (χ4v) is 3.38. The van der Waals surface area contributed by atoms with Gasteiger partial charge in [-0.15, -0.1) is 0 Å². The van der Waals surface area contributed by atoms with Crippen LogP contribution in [0.15, 0.2) is 78.6 Å². The summed E-state index contributed by atoms with van der Waals surface area (Å²) in [6.07, 6.45) is 1.64. The molecule has 0 radical (unpaired) electrons. The molecular weight excluding hydrogens is 378 g/mol. The molecule has 150 valence electrons. The van der Waals surface area contributed by atoms with Gasteiger partial charge in [-0.25, -0.2) is 0 Å². The SMILES string of the molecule is COc1ccc(C2=C(Nc3cccc(C)c3)C(=O)N(Cc3ccccn3)C2=O)cc1. The van der Waals surface area contributed by atoms with Gasteiger partial charge in [0.1, 0.15) is 11.4 Å². The van der Waals surface area contributed by atoms with Crippen LogP contribution in [0.2, 0.25) is 0 Å². The van der Waals surface area contributed by atoms with Gasteiger partial charge < -0.3 is 10.1 Å². The molecule has 2 aromatic carbocycles. The first kappa shape index (κ1) is 19.4. The topological polar surface area (TPSA) is 71.5 Å². The van der Waals surface area contributed by atoms with Crippen LogP contribution in [-0.4, -0.2) is 28.8 Å². The Labute approximate surface area is 174 Å². The fourth-order valence-electron chi connectivity index (χ4n) is 3.38. The third-order valence-corrected chi connectivity index (χ3v) is 4.88. The molecule has 30 heavy (non-hydrogen) atoms. The molecule has 0 saturated heterocycles. The molecular formula is C24H21N3O3. The molecule has 1 aliphatic heterocycles. The highest BCUT2D eigenvalue weighted by molar-refractivity contribution is 6.36. The number of ether oxygens (including phenoxy) is 1. The summed E-state index contributed by atoms with van der Waals surface area (Å²) in [5, 5.41) is 3.17. The lowest BCUT2D eigenvalue weighted by Gasteiger charge is -2.15. The van der Waals surface area contributed by atoms with Crippen molar-refractivity contribution in [3.8, 4) is 5.75 Å². The Balaban J connectivity index is 1.74. The van der Waals surface area contributed by atoms with Gasteiger partial charge in [0.15, 0.2) is 0 Å². The van der Waals surface area contributed by atoms with E-state index < -0.39 is 0 Å². The number of imide groups is 1. The Morgan fingerprint density at radius 2 is 1.77 bits per heavy atom. The second kappa shape index (κ2) is 8.21. The van der Waals surface area contributed by atoms with Crippen molar-refractivity contribution in [2.24, 2.45) is 0 Å². The first-order valence-corrected chi connectivity index (χ1v) is 9.55. The molecule has 1 aliphatic rings. The first-order chi connectivity index (χ1) is 14.6. The highest BCUT2D eigenvalue weighted by atomic mass is 16.5. The molecule has 1 aromatic heterocycles. The summed E-state index contributed by atoms with van der Waals surface area (Å²) in [6, 6.07) is 20.2. The van der Waals surface area contributed by atoms with Gasteiger partial charge in [0.05, 0.1) is 24.9 Å². The van der Waals surface area contributed by atoms with Gasteiger partial charge in [-0.05, 0) is 54.4 Å². The maximum atomic E-state index is 13.3. The van der Waals surface area contributed by atoms with Crippen LogP contribution in [0.25, 0.3) is 5.57 Å². The van der Waals surface area contributed by atoms with Crippen LogP contribution >= 0.6 is 0 Å². The fraction of sp³-hybridized carbons (Fsp3) is 0.125. The van der Waals surface area contributed by atoms with Crippen molar-refractivity contribution in [1.29, 1.82) is 0 Å².